The molecule has 1 aliphatic rings. The molecule has 2 rings (SSSR count). The van der Waals surface area contributed by atoms with Crippen molar-refractivity contribution < 1.29 is 4.74 Å². The monoisotopic (exact) mass is 254 g/mol. The fraction of sp³-hybridized carbons (Fsp3) is 0.692. The second kappa shape index (κ2) is 5.67. The number of nitrogens with zero attached hydrogens (tertiary/aromatic N) is 2. The van der Waals surface area contributed by atoms with E-state index in [2.05, 4.69) is 10.2 Å². The zero-order chi connectivity index (χ0) is 12.3. The van der Waals surface area contributed by atoms with Gasteiger partial charge in [-0.1, -0.05) is 24.4 Å². The van der Waals surface area contributed by atoms with Crippen molar-refractivity contribution in [1.29, 1.82) is 0 Å². The standard InChI is InChI=1S/C13H19ClN2O/c1-9-10(2)13(16-15-12(9)14)17-11-7-5-3-4-6-8-11/h11H,3-8H2,1-2H3. The van der Waals surface area contributed by atoms with E-state index in [0.29, 0.717) is 17.1 Å². The number of rotatable bonds is 2. The zero-order valence-corrected chi connectivity index (χ0v) is 11.3. The second-order valence-electron chi connectivity index (χ2n) is 4.78. The van der Waals surface area contributed by atoms with Crippen molar-refractivity contribution in [3.63, 3.8) is 0 Å². The SMILES string of the molecule is Cc1c(Cl)nnc(OC2CCCCCC2)c1C. The largest absolute Gasteiger partial charge is 0.473 e. The van der Waals surface area contributed by atoms with Gasteiger partial charge in [0.15, 0.2) is 5.15 Å². The molecule has 0 amide bonds. The summed E-state index contributed by atoms with van der Waals surface area (Å²) in [7, 11) is 0. The van der Waals surface area contributed by atoms with Gasteiger partial charge in [-0.15, -0.1) is 10.2 Å². The third-order valence-electron chi connectivity index (χ3n) is 3.50. The summed E-state index contributed by atoms with van der Waals surface area (Å²) in [5, 5.41) is 8.45. The van der Waals surface area contributed by atoms with Crippen LogP contribution in [0.5, 0.6) is 5.88 Å². The maximum atomic E-state index is 5.97. The maximum absolute atomic E-state index is 5.97. The number of halogens is 1. The first kappa shape index (κ1) is 12.6. The summed E-state index contributed by atoms with van der Waals surface area (Å²) in [6, 6.07) is 0. The molecule has 0 bridgehead atoms. The molecule has 0 N–H and O–H groups in total. The van der Waals surface area contributed by atoms with Crippen LogP contribution in [0.15, 0.2) is 0 Å². The van der Waals surface area contributed by atoms with Crippen LogP contribution in [0.2, 0.25) is 5.15 Å². The van der Waals surface area contributed by atoms with Gasteiger partial charge >= 0.3 is 0 Å². The van der Waals surface area contributed by atoms with Crippen LogP contribution in [0.3, 0.4) is 0 Å². The highest BCUT2D eigenvalue weighted by atomic mass is 35.5. The summed E-state index contributed by atoms with van der Waals surface area (Å²) in [4.78, 5) is 0. The molecule has 1 aliphatic carbocycles. The van der Waals surface area contributed by atoms with E-state index < -0.39 is 0 Å². The van der Waals surface area contributed by atoms with Gasteiger partial charge in [0.25, 0.3) is 0 Å². The lowest BCUT2D eigenvalue weighted by atomic mass is 10.1. The van der Waals surface area contributed by atoms with Gasteiger partial charge in [0.2, 0.25) is 5.88 Å². The van der Waals surface area contributed by atoms with E-state index in [1.54, 1.807) is 0 Å². The molecule has 3 nitrogen and oxygen atoms in total. The van der Waals surface area contributed by atoms with E-state index in [0.717, 1.165) is 24.0 Å². The minimum absolute atomic E-state index is 0.297. The number of hydrogen-bond acceptors (Lipinski definition) is 3. The highest BCUT2D eigenvalue weighted by Crippen LogP contribution is 2.26. The lowest BCUT2D eigenvalue weighted by molar-refractivity contribution is 0.173. The summed E-state index contributed by atoms with van der Waals surface area (Å²) in [6.45, 7) is 3.94. The predicted molar refractivity (Wildman–Crippen MR) is 68.6 cm³/mol. The Kier molecular flexibility index (Phi) is 4.21. The Morgan fingerprint density at radius 3 is 2.29 bits per heavy atom. The first-order valence-electron chi connectivity index (χ1n) is 6.34. The van der Waals surface area contributed by atoms with Gasteiger partial charge < -0.3 is 4.74 Å². The summed E-state index contributed by atoms with van der Waals surface area (Å²) in [6.07, 6.45) is 7.71. The molecule has 1 heterocycles. The van der Waals surface area contributed by atoms with Crippen molar-refractivity contribution >= 4 is 11.6 Å². The Hall–Kier alpha value is -0.830. The van der Waals surface area contributed by atoms with Crippen molar-refractivity contribution in [2.75, 3.05) is 0 Å². The van der Waals surface area contributed by atoms with E-state index in [1.807, 2.05) is 13.8 Å². The van der Waals surface area contributed by atoms with Crippen LogP contribution < -0.4 is 4.74 Å². The van der Waals surface area contributed by atoms with Gasteiger partial charge in [-0.25, -0.2) is 0 Å². The first-order valence-corrected chi connectivity index (χ1v) is 6.72. The quantitative estimate of drug-likeness (QED) is 0.752. The van der Waals surface area contributed by atoms with Gasteiger partial charge in [0, 0.05) is 5.56 Å². The van der Waals surface area contributed by atoms with Crippen LogP contribution in [0, 0.1) is 13.8 Å². The number of aromatic nitrogens is 2. The average Bonchev–Trinajstić information content (AvgIpc) is 2.59. The van der Waals surface area contributed by atoms with Gasteiger partial charge in [-0.2, -0.15) is 0 Å². The lowest BCUT2D eigenvalue weighted by Crippen LogP contribution is -2.17. The molecule has 0 radical (unpaired) electrons. The molecular weight excluding hydrogens is 236 g/mol. The molecule has 4 heteroatoms. The molecule has 0 unspecified atom stereocenters. The van der Waals surface area contributed by atoms with Gasteiger partial charge in [-0.05, 0) is 45.1 Å². The molecule has 0 spiro atoms. The molecule has 0 aromatic carbocycles. The molecule has 0 aliphatic heterocycles. The molecule has 1 fully saturated rings. The van der Waals surface area contributed by atoms with Gasteiger partial charge in [0.1, 0.15) is 6.10 Å². The Bertz CT molecular complexity index is 387. The van der Waals surface area contributed by atoms with Gasteiger partial charge in [-0.3, -0.25) is 0 Å². The van der Waals surface area contributed by atoms with Crippen LogP contribution in [0.4, 0.5) is 0 Å². The number of ether oxygens (including phenoxy) is 1. The Morgan fingerprint density at radius 2 is 1.65 bits per heavy atom. The molecule has 1 aromatic heterocycles. The number of hydrogen-bond donors (Lipinski definition) is 0. The lowest BCUT2D eigenvalue weighted by Gasteiger charge is -2.17. The van der Waals surface area contributed by atoms with Crippen LogP contribution in [-0.2, 0) is 0 Å². The third kappa shape index (κ3) is 3.09. The molecule has 94 valence electrons. The van der Waals surface area contributed by atoms with E-state index in [4.69, 9.17) is 16.3 Å². The Labute approximate surface area is 108 Å². The van der Waals surface area contributed by atoms with Crippen LogP contribution in [0.1, 0.15) is 49.7 Å². The van der Waals surface area contributed by atoms with Crippen molar-refractivity contribution in [2.24, 2.45) is 0 Å². The fourth-order valence-electron chi connectivity index (χ4n) is 2.18. The molecular formula is C13H19ClN2O. The van der Waals surface area contributed by atoms with Crippen molar-refractivity contribution in [1.82, 2.24) is 10.2 Å². The minimum Gasteiger partial charge on any atom is -0.473 e. The molecule has 1 aromatic rings. The fourth-order valence-corrected chi connectivity index (χ4v) is 2.36. The summed E-state index contributed by atoms with van der Waals surface area (Å²) in [5.74, 6) is 0.652. The van der Waals surface area contributed by atoms with Crippen LogP contribution >= 0.6 is 11.6 Å². The molecule has 1 saturated carbocycles. The Morgan fingerprint density at radius 1 is 1.00 bits per heavy atom. The first-order chi connectivity index (χ1) is 8.18. The average molecular weight is 255 g/mol. The minimum atomic E-state index is 0.297. The highest BCUT2D eigenvalue weighted by molar-refractivity contribution is 6.30. The molecule has 17 heavy (non-hydrogen) atoms. The predicted octanol–water partition coefficient (Wildman–Crippen LogP) is 3.85. The van der Waals surface area contributed by atoms with Crippen LogP contribution in [0.25, 0.3) is 0 Å². The Balaban J connectivity index is 2.09. The summed E-state index contributed by atoms with van der Waals surface area (Å²) >= 11 is 5.93. The van der Waals surface area contributed by atoms with Crippen molar-refractivity contribution in [2.45, 2.75) is 58.5 Å². The zero-order valence-electron chi connectivity index (χ0n) is 10.5. The third-order valence-corrected chi connectivity index (χ3v) is 3.86. The molecule has 0 atom stereocenters. The van der Waals surface area contributed by atoms with E-state index in [9.17, 15) is 0 Å². The highest BCUT2D eigenvalue weighted by Gasteiger charge is 2.17. The summed E-state index contributed by atoms with van der Waals surface area (Å²) in [5.41, 5.74) is 1.97. The maximum Gasteiger partial charge on any atom is 0.237 e. The summed E-state index contributed by atoms with van der Waals surface area (Å²) < 4.78 is 5.97. The molecule has 0 saturated heterocycles. The van der Waals surface area contributed by atoms with E-state index in [1.165, 1.54) is 25.7 Å². The van der Waals surface area contributed by atoms with Gasteiger partial charge in [0.05, 0.1) is 0 Å². The van der Waals surface area contributed by atoms with Crippen LogP contribution in [-0.4, -0.2) is 16.3 Å². The second-order valence-corrected chi connectivity index (χ2v) is 5.14. The van der Waals surface area contributed by atoms with E-state index >= 15 is 0 Å². The van der Waals surface area contributed by atoms with Crippen molar-refractivity contribution in [3.05, 3.63) is 16.3 Å². The van der Waals surface area contributed by atoms with E-state index in [-0.39, 0.29) is 0 Å². The normalized spacial score (nSPS) is 17.8. The van der Waals surface area contributed by atoms with Crippen molar-refractivity contribution in [3.8, 4) is 5.88 Å². The smallest absolute Gasteiger partial charge is 0.237 e. The topological polar surface area (TPSA) is 35.0 Å².